The van der Waals surface area contributed by atoms with Crippen molar-refractivity contribution in [1.29, 1.82) is 0 Å². The van der Waals surface area contributed by atoms with Crippen molar-refractivity contribution in [3.05, 3.63) is 24.2 Å². The molecule has 158 valence electrons. The molecule has 1 aromatic heterocycles. The molecule has 2 saturated carbocycles. The van der Waals surface area contributed by atoms with Crippen LogP contribution in [0.15, 0.2) is 23.0 Å². The summed E-state index contributed by atoms with van der Waals surface area (Å²) in [4.78, 5) is 24.8. The topological polar surface area (TPSA) is 98.5 Å². The Morgan fingerprint density at radius 3 is 2.79 bits per heavy atom. The van der Waals surface area contributed by atoms with Crippen molar-refractivity contribution in [2.75, 3.05) is 13.2 Å². The predicted octanol–water partition coefficient (Wildman–Crippen LogP) is 2.40. The van der Waals surface area contributed by atoms with Crippen molar-refractivity contribution < 1.29 is 33.3 Å². The molecule has 1 N–H and O–H groups in total. The highest BCUT2D eigenvalue weighted by molar-refractivity contribution is 5.79. The van der Waals surface area contributed by atoms with Crippen molar-refractivity contribution >= 4 is 11.9 Å². The first kappa shape index (κ1) is 19.1. The number of hydrogen-bond acceptors (Lipinski definition) is 7. The number of furan rings is 1. The molecule has 0 radical (unpaired) electrons. The quantitative estimate of drug-likeness (QED) is 0.608. The van der Waals surface area contributed by atoms with Gasteiger partial charge in [0.2, 0.25) is 0 Å². The molecule has 5 rings (SSSR count). The Morgan fingerprint density at radius 1 is 1.34 bits per heavy atom. The molecule has 1 spiro atoms. The summed E-state index contributed by atoms with van der Waals surface area (Å²) in [6.45, 7) is 3.86. The van der Waals surface area contributed by atoms with E-state index >= 15 is 0 Å². The van der Waals surface area contributed by atoms with Crippen LogP contribution >= 0.6 is 0 Å². The molecular formula is C22H28O7. The zero-order valence-corrected chi connectivity index (χ0v) is 16.9. The average molecular weight is 404 g/mol. The number of esters is 2. The molecule has 7 heteroatoms. The molecule has 7 nitrogen and oxygen atoms in total. The van der Waals surface area contributed by atoms with E-state index in [1.165, 1.54) is 6.92 Å². The Hall–Kier alpha value is -1.86. The standard InChI is InChI=1S/C22H28O7/c1-14(23)29-16-10-21(13-28-21)22(25,8-4-15-5-9-26-11-15)20-7-3-6-19(2,17(16)20)18(24)27-12-20/h5,9,11,16-17,25H,3-4,6-8,10,12-13H2,1-2H3/t16-,17?,19-,20-,21-,22+/m1/s1. The molecule has 2 aliphatic heterocycles. The number of carbonyl (C=O) groups excluding carboxylic acids is 2. The van der Waals surface area contributed by atoms with Crippen LogP contribution in [0.5, 0.6) is 0 Å². The van der Waals surface area contributed by atoms with Gasteiger partial charge in [0.05, 0.1) is 24.5 Å². The summed E-state index contributed by atoms with van der Waals surface area (Å²) in [5.41, 5.74) is -2.42. The summed E-state index contributed by atoms with van der Waals surface area (Å²) in [6, 6.07) is 1.90. The van der Waals surface area contributed by atoms with Crippen LogP contribution in [0, 0.1) is 16.7 Å². The Labute approximate surface area is 169 Å². The first-order chi connectivity index (χ1) is 13.8. The summed E-state index contributed by atoms with van der Waals surface area (Å²) >= 11 is 0. The maximum atomic E-state index is 12.9. The third-order valence-electron chi connectivity index (χ3n) is 8.17. The van der Waals surface area contributed by atoms with Crippen LogP contribution in [0.2, 0.25) is 0 Å². The molecule has 3 heterocycles. The fourth-order valence-electron chi connectivity index (χ4n) is 6.86. The highest BCUT2D eigenvalue weighted by Gasteiger charge is 2.80. The van der Waals surface area contributed by atoms with Gasteiger partial charge in [-0.2, -0.15) is 0 Å². The van der Waals surface area contributed by atoms with Crippen molar-refractivity contribution in [3.8, 4) is 0 Å². The lowest BCUT2D eigenvalue weighted by atomic mass is 9.41. The van der Waals surface area contributed by atoms with E-state index < -0.39 is 28.1 Å². The van der Waals surface area contributed by atoms with Gasteiger partial charge in [0.1, 0.15) is 23.9 Å². The fraction of sp³-hybridized carbons (Fsp3) is 0.727. The zero-order valence-electron chi connectivity index (χ0n) is 16.9. The normalized spacial score (nSPS) is 45.4. The fourth-order valence-corrected chi connectivity index (χ4v) is 6.86. The number of ether oxygens (including phenoxy) is 3. The second-order valence-electron chi connectivity index (χ2n) is 9.61. The van der Waals surface area contributed by atoms with Crippen LogP contribution in [-0.4, -0.2) is 47.6 Å². The molecular weight excluding hydrogens is 376 g/mol. The summed E-state index contributed by atoms with van der Waals surface area (Å²) in [7, 11) is 0. The minimum atomic E-state index is -1.18. The van der Waals surface area contributed by atoms with Crippen LogP contribution in [-0.2, 0) is 30.2 Å². The second-order valence-corrected chi connectivity index (χ2v) is 9.61. The van der Waals surface area contributed by atoms with Gasteiger partial charge in [-0.3, -0.25) is 9.59 Å². The molecule has 6 atom stereocenters. The van der Waals surface area contributed by atoms with Crippen LogP contribution < -0.4 is 0 Å². The molecule has 4 aliphatic rings. The monoisotopic (exact) mass is 404 g/mol. The smallest absolute Gasteiger partial charge is 0.312 e. The maximum absolute atomic E-state index is 12.9. The van der Waals surface area contributed by atoms with Gasteiger partial charge in [-0.05, 0) is 44.2 Å². The summed E-state index contributed by atoms with van der Waals surface area (Å²) < 4.78 is 22.6. The maximum Gasteiger partial charge on any atom is 0.312 e. The number of epoxide rings is 1. The van der Waals surface area contributed by atoms with E-state index in [-0.39, 0.29) is 24.5 Å². The van der Waals surface area contributed by atoms with Gasteiger partial charge >= 0.3 is 11.9 Å². The van der Waals surface area contributed by atoms with Crippen LogP contribution in [0.3, 0.4) is 0 Å². The minimum absolute atomic E-state index is 0.136. The lowest BCUT2D eigenvalue weighted by Gasteiger charge is -2.66. The third kappa shape index (κ3) is 2.43. The Morgan fingerprint density at radius 2 is 2.14 bits per heavy atom. The first-order valence-electron chi connectivity index (χ1n) is 10.5. The van der Waals surface area contributed by atoms with Crippen molar-refractivity contribution in [3.63, 3.8) is 0 Å². The molecule has 2 aliphatic carbocycles. The Kier molecular flexibility index (Phi) is 4.01. The third-order valence-corrected chi connectivity index (χ3v) is 8.17. The van der Waals surface area contributed by atoms with Crippen molar-refractivity contribution in [1.82, 2.24) is 0 Å². The SMILES string of the molecule is CC(=O)O[C@@H]1C[C@@]2(CO2)[C@](O)(CCc2ccoc2)[C@]23CCC[C@@](C)(C(=O)OC2)C13. The van der Waals surface area contributed by atoms with Crippen LogP contribution in [0.25, 0.3) is 0 Å². The van der Waals surface area contributed by atoms with E-state index in [1.807, 2.05) is 13.0 Å². The van der Waals surface area contributed by atoms with E-state index in [9.17, 15) is 14.7 Å². The van der Waals surface area contributed by atoms with Crippen molar-refractivity contribution in [2.24, 2.45) is 16.7 Å². The number of cyclic esters (lactones) is 1. The van der Waals surface area contributed by atoms with E-state index in [0.29, 0.717) is 38.7 Å². The number of rotatable bonds is 4. The van der Waals surface area contributed by atoms with Gasteiger partial charge in [0.15, 0.2) is 0 Å². The van der Waals surface area contributed by atoms with E-state index in [4.69, 9.17) is 18.6 Å². The van der Waals surface area contributed by atoms with E-state index in [2.05, 4.69) is 0 Å². The Balaban J connectivity index is 1.60. The number of hydrogen-bond donors (Lipinski definition) is 1. The Bertz CT molecular complexity index is 828. The molecule has 2 saturated heterocycles. The van der Waals surface area contributed by atoms with Gasteiger partial charge in [0.25, 0.3) is 0 Å². The van der Waals surface area contributed by atoms with E-state index in [0.717, 1.165) is 12.0 Å². The summed E-state index contributed by atoms with van der Waals surface area (Å²) in [5.74, 6) is -0.914. The molecule has 2 bridgehead atoms. The lowest BCUT2D eigenvalue weighted by molar-refractivity contribution is -0.296. The molecule has 4 fully saturated rings. The van der Waals surface area contributed by atoms with Gasteiger partial charge in [-0.1, -0.05) is 6.42 Å². The number of carbonyl (C=O) groups is 2. The summed E-state index contributed by atoms with van der Waals surface area (Å²) in [6.07, 6.45) is 6.56. The molecule has 1 unspecified atom stereocenters. The number of aryl methyl sites for hydroxylation is 1. The highest BCUT2D eigenvalue weighted by atomic mass is 16.6. The molecule has 29 heavy (non-hydrogen) atoms. The minimum Gasteiger partial charge on any atom is -0.472 e. The molecule has 1 aromatic rings. The second kappa shape index (κ2) is 6.08. The van der Waals surface area contributed by atoms with Gasteiger partial charge in [-0.15, -0.1) is 0 Å². The zero-order chi connectivity index (χ0) is 20.5. The first-order valence-corrected chi connectivity index (χ1v) is 10.5. The largest absolute Gasteiger partial charge is 0.472 e. The van der Waals surface area contributed by atoms with Gasteiger partial charge in [0, 0.05) is 24.7 Å². The lowest BCUT2D eigenvalue weighted by Crippen LogP contribution is -2.76. The molecule has 0 amide bonds. The average Bonchev–Trinajstić information content (AvgIpc) is 3.24. The molecule has 0 aromatic carbocycles. The van der Waals surface area contributed by atoms with Gasteiger partial charge < -0.3 is 23.7 Å². The van der Waals surface area contributed by atoms with Crippen LogP contribution in [0.1, 0.15) is 51.5 Å². The predicted molar refractivity (Wildman–Crippen MR) is 99.7 cm³/mol. The van der Waals surface area contributed by atoms with Crippen LogP contribution in [0.4, 0.5) is 0 Å². The summed E-state index contributed by atoms with van der Waals surface area (Å²) in [5, 5.41) is 12.3. The van der Waals surface area contributed by atoms with Gasteiger partial charge in [-0.25, -0.2) is 0 Å². The number of aliphatic hydroxyl groups is 1. The van der Waals surface area contributed by atoms with Crippen molar-refractivity contribution in [2.45, 2.75) is 69.7 Å². The highest BCUT2D eigenvalue weighted by Crippen LogP contribution is 2.70. The van der Waals surface area contributed by atoms with E-state index in [1.54, 1.807) is 12.5 Å².